The average molecular weight is 422 g/mol. The van der Waals surface area contributed by atoms with Gasteiger partial charge in [0.1, 0.15) is 5.75 Å². The van der Waals surface area contributed by atoms with Crippen molar-refractivity contribution in [1.82, 2.24) is 14.9 Å². The van der Waals surface area contributed by atoms with Gasteiger partial charge in [0.25, 0.3) is 0 Å². The molecule has 1 fully saturated rings. The molecular weight excluding hydrogens is 398 g/mol. The minimum absolute atomic E-state index is 0.104. The van der Waals surface area contributed by atoms with Crippen LogP contribution in [0.4, 0.5) is 11.4 Å². The first-order valence-electron chi connectivity index (χ1n) is 9.56. The third-order valence-electron chi connectivity index (χ3n) is 5.07. The third kappa shape index (κ3) is 3.73. The van der Waals surface area contributed by atoms with Gasteiger partial charge in [0.2, 0.25) is 5.91 Å². The smallest absolute Gasteiger partial charge is 0.221 e. The Labute approximate surface area is 180 Å². The molecule has 1 aromatic carbocycles. The van der Waals surface area contributed by atoms with Crippen molar-refractivity contribution in [1.29, 1.82) is 0 Å². The monoisotopic (exact) mass is 421 g/mol. The highest BCUT2D eigenvalue weighted by Gasteiger charge is 2.41. The van der Waals surface area contributed by atoms with Crippen LogP contribution in [-0.2, 0) is 11.8 Å². The van der Waals surface area contributed by atoms with E-state index in [-0.39, 0.29) is 18.0 Å². The number of hydrogen-bond acceptors (Lipinski definition) is 4. The fourth-order valence-electron chi connectivity index (χ4n) is 3.80. The molecule has 0 saturated carbocycles. The molecule has 7 nitrogen and oxygen atoms in total. The maximum absolute atomic E-state index is 11.7. The van der Waals surface area contributed by atoms with Crippen molar-refractivity contribution < 1.29 is 9.53 Å². The van der Waals surface area contributed by atoms with E-state index in [9.17, 15) is 4.79 Å². The number of pyridine rings is 1. The summed E-state index contributed by atoms with van der Waals surface area (Å²) in [6.45, 7) is 1.47. The first-order chi connectivity index (χ1) is 14.5. The second kappa shape index (κ2) is 8.16. The number of benzene rings is 1. The zero-order chi connectivity index (χ0) is 21.3. The molecule has 0 aliphatic carbocycles. The van der Waals surface area contributed by atoms with Crippen LogP contribution in [0.25, 0.3) is 0 Å². The number of aryl methyl sites for hydroxylation is 1. The van der Waals surface area contributed by atoms with E-state index in [4.69, 9.17) is 17.0 Å². The van der Waals surface area contributed by atoms with Crippen LogP contribution in [0.2, 0.25) is 0 Å². The molecule has 0 radical (unpaired) electrons. The lowest BCUT2D eigenvalue weighted by Gasteiger charge is -2.28. The van der Waals surface area contributed by atoms with Crippen LogP contribution < -0.4 is 20.3 Å². The maximum atomic E-state index is 11.7. The van der Waals surface area contributed by atoms with Crippen molar-refractivity contribution in [3.8, 4) is 5.75 Å². The number of anilines is 2. The van der Waals surface area contributed by atoms with Crippen molar-refractivity contribution in [2.24, 2.45) is 7.05 Å². The van der Waals surface area contributed by atoms with Crippen LogP contribution in [0.1, 0.15) is 30.3 Å². The molecule has 2 N–H and O–H groups in total. The second-order valence-corrected chi connectivity index (χ2v) is 7.56. The Balaban J connectivity index is 1.81. The quantitative estimate of drug-likeness (QED) is 0.614. The zero-order valence-corrected chi connectivity index (χ0v) is 17.8. The molecular formula is C22H23N5O2S. The molecule has 1 amide bonds. The van der Waals surface area contributed by atoms with Crippen LogP contribution in [0.3, 0.4) is 0 Å². The van der Waals surface area contributed by atoms with Gasteiger partial charge in [-0.1, -0.05) is 6.07 Å². The van der Waals surface area contributed by atoms with Gasteiger partial charge in [-0.15, -0.1) is 0 Å². The van der Waals surface area contributed by atoms with Gasteiger partial charge in [-0.25, -0.2) is 0 Å². The van der Waals surface area contributed by atoms with Crippen molar-refractivity contribution >= 4 is 34.6 Å². The molecule has 2 aromatic heterocycles. The van der Waals surface area contributed by atoms with E-state index in [1.165, 1.54) is 6.92 Å². The zero-order valence-electron chi connectivity index (χ0n) is 17.0. The lowest BCUT2D eigenvalue weighted by Crippen LogP contribution is -2.29. The topological polar surface area (TPSA) is 71.4 Å². The predicted octanol–water partition coefficient (Wildman–Crippen LogP) is 3.56. The lowest BCUT2D eigenvalue weighted by atomic mass is 9.98. The average Bonchev–Trinajstić information content (AvgIpc) is 3.31. The van der Waals surface area contributed by atoms with E-state index >= 15 is 0 Å². The number of ether oxygens (including phenoxy) is 1. The van der Waals surface area contributed by atoms with Gasteiger partial charge in [-0.05, 0) is 54.2 Å². The number of aromatic nitrogens is 2. The summed E-state index contributed by atoms with van der Waals surface area (Å²) in [5.74, 6) is 0.420. The SMILES string of the molecule is COc1ccc(N2C(=S)N[C@@H](c3ccccn3)[C@@H]2c2ccn(C)c2)cc1NC(C)=O. The number of carbonyl (C=O) groups is 1. The highest BCUT2D eigenvalue weighted by atomic mass is 32.1. The molecule has 0 bridgehead atoms. The van der Waals surface area contributed by atoms with Gasteiger partial charge in [0.15, 0.2) is 5.11 Å². The highest BCUT2D eigenvalue weighted by molar-refractivity contribution is 7.80. The van der Waals surface area contributed by atoms with Crippen molar-refractivity contribution in [2.45, 2.75) is 19.0 Å². The summed E-state index contributed by atoms with van der Waals surface area (Å²) in [5, 5.41) is 6.86. The van der Waals surface area contributed by atoms with E-state index < -0.39 is 0 Å². The molecule has 154 valence electrons. The number of nitrogens with zero attached hydrogens (tertiary/aromatic N) is 3. The van der Waals surface area contributed by atoms with Gasteiger partial charge in [-0.2, -0.15) is 0 Å². The molecule has 2 atom stereocenters. The summed E-state index contributed by atoms with van der Waals surface area (Å²) < 4.78 is 7.42. The Kier molecular flexibility index (Phi) is 5.41. The Morgan fingerprint density at radius 2 is 2.10 bits per heavy atom. The van der Waals surface area contributed by atoms with Crippen LogP contribution in [0, 0.1) is 0 Å². The summed E-state index contributed by atoms with van der Waals surface area (Å²) in [5.41, 5.74) is 3.46. The van der Waals surface area contributed by atoms with E-state index in [1.54, 1.807) is 13.3 Å². The first kappa shape index (κ1) is 19.9. The van der Waals surface area contributed by atoms with Crippen molar-refractivity contribution in [3.63, 3.8) is 0 Å². The highest BCUT2D eigenvalue weighted by Crippen LogP contribution is 2.43. The first-order valence-corrected chi connectivity index (χ1v) is 9.97. The molecule has 3 heterocycles. The lowest BCUT2D eigenvalue weighted by molar-refractivity contribution is -0.114. The Morgan fingerprint density at radius 3 is 2.73 bits per heavy atom. The number of methoxy groups -OCH3 is 1. The Hall–Kier alpha value is -3.39. The summed E-state index contributed by atoms with van der Waals surface area (Å²) in [6.07, 6.45) is 5.88. The summed E-state index contributed by atoms with van der Waals surface area (Å²) in [6, 6.07) is 13.4. The normalized spacial score (nSPS) is 18.2. The maximum Gasteiger partial charge on any atom is 0.221 e. The number of hydrogen-bond donors (Lipinski definition) is 2. The number of nitrogens with one attached hydrogen (secondary N) is 2. The van der Waals surface area contributed by atoms with Gasteiger partial charge < -0.3 is 24.8 Å². The summed E-state index contributed by atoms with van der Waals surface area (Å²) >= 11 is 5.74. The van der Waals surface area contributed by atoms with E-state index in [2.05, 4.69) is 32.8 Å². The fourth-order valence-corrected chi connectivity index (χ4v) is 4.15. The van der Waals surface area contributed by atoms with Crippen LogP contribution in [-0.4, -0.2) is 27.7 Å². The minimum Gasteiger partial charge on any atom is -0.495 e. The van der Waals surface area contributed by atoms with E-state index in [0.29, 0.717) is 16.5 Å². The molecule has 1 aliphatic rings. The van der Waals surface area contributed by atoms with Crippen LogP contribution in [0.15, 0.2) is 61.1 Å². The second-order valence-electron chi connectivity index (χ2n) is 7.17. The molecule has 4 rings (SSSR count). The number of rotatable bonds is 5. The minimum atomic E-state index is -0.168. The Morgan fingerprint density at radius 1 is 1.27 bits per heavy atom. The van der Waals surface area contributed by atoms with Gasteiger partial charge in [0, 0.05) is 38.2 Å². The fraction of sp³-hybridized carbons (Fsp3) is 0.227. The summed E-state index contributed by atoms with van der Waals surface area (Å²) in [7, 11) is 3.57. The van der Waals surface area contributed by atoms with Crippen LogP contribution >= 0.6 is 12.2 Å². The standard InChI is InChI=1S/C22H23N5O2S/c1-14(28)24-18-12-16(7-8-19(18)29-3)27-21(15-9-11-26(2)13-15)20(25-22(27)30)17-6-4-5-10-23-17/h4-13,20-21H,1-3H3,(H,24,28)(H,25,30)/t20-,21-/m0/s1. The van der Waals surface area contributed by atoms with Crippen LogP contribution in [0.5, 0.6) is 5.75 Å². The molecule has 3 aromatic rings. The number of carbonyl (C=O) groups excluding carboxylic acids is 1. The van der Waals surface area contributed by atoms with E-state index in [0.717, 1.165) is 16.9 Å². The predicted molar refractivity (Wildman–Crippen MR) is 121 cm³/mol. The number of thiocarbonyl (C=S) groups is 1. The molecule has 0 unspecified atom stereocenters. The molecule has 0 spiro atoms. The molecule has 30 heavy (non-hydrogen) atoms. The van der Waals surface area contributed by atoms with E-state index in [1.807, 2.05) is 54.2 Å². The van der Waals surface area contributed by atoms with Gasteiger partial charge in [-0.3, -0.25) is 9.78 Å². The van der Waals surface area contributed by atoms with Crippen molar-refractivity contribution in [3.05, 3.63) is 72.3 Å². The van der Waals surface area contributed by atoms with Gasteiger partial charge >= 0.3 is 0 Å². The molecule has 1 saturated heterocycles. The third-order valence-corrected chi connectivity index (χ3v) is 5.38. The molecule has 8 heteroatoms. The molecule has 1 aliphatic heterocycles. The summed E-state index contributed by atoms with van der Waals surface area (Å²) in [4.78, 5) is 18.3. The van der Waals surface area contributed by atoms with Crippen molar-refractivity contribution in [2.75, 3.05) is 17.3 Å². The Bertz CT molecular complexity index is 1080. The van der Waals surface area contributed by atoms with Gasteiger partial charge in [0.05, 0.1) is 30.6 Å². The largest absolute Gasteiger partial charge is 0.495 e. The number of amides is 1.